The molecule has 0 aliphatic rings. The molecule has 0 aromatic heterocycles. The van der Waals surface area contributed by atoms with Crippen LogP contribution in [0.15, 0.2) is 72.8 Å². The first-order valence-corrected chi connectivity index (χ1v) is 12.6. The van der Waals surface area contributed by atoms with Crippen LogP contribution in [0.1, 0.15) is 50.7 Å². The summed E-state index contributed by atoms with van der Waals surface area (Å²) < 4.78 is 55.5. The van der Waals surface area contributed by atoms with E-state index in [4.69, 9.17) is 0 Å². The van der Waals surface area contributed by atoms with E-state index in [2.05, 4.69) is 50.2 Å². The van der Waals surface area contributed by atoms with Crippen LogP contribution >= 0.6 is 0 Å². The Balaban J connectivity index is 1.57. The van der Waals surface area contributed by atoms with E-state index < -0.39 is 23.3 Å². The molecule has 0 aliphatic carbocycles. The van der Waals surface area contributed by atoms with Gasteiger partial charge in [0.05, 0.1) is 0 Å². The van der Waals surface area contributed by atoms with Gasteiger partial charge in [0.2, 0.25) is 0 Å². The van der Waals surface area contributed by atoms with Crippen molar-refractivity contribution in [1.82, 2.24) is 0 Å². The molecule has 0 amide bonds. The van der Waals surface area contributed by atoms with Gasteiger partial charge in [-0.05, 0) is 76.4 Å². The van der Waals surface area contributed by atoms with Crippen molar-refractivity contribution in [1.29, 1.82) is 0 Å². The molecule has 0 saturated carbocycles. The van der Waals surface area contributed by atoms with Gasteiger partial charge in [0, 0.05) is 5.56 Å². The molecule has 0 N–H and O–H groups in total. The minimum absolute atomic E-state index is 0.0127. The van der Waals surface area contributed by atoms with Crippen LogP contribution in [0.4, 0.5) is 17.6 Å². The number of unbranched alkanes of at least 4 members (excludes halogenated alkanes) is 3. The number of halogens is 4. The van der Waals surface area contributed by atoms with Gasteiger partial charge in [-0.1, -0.05) is 87.7 Å². The zero-order valence-electron chi connectivity index (χ0n) is 20.7. The lowest BCUT2D eigenvalue weighted by Gasteiger charge is -2.13. The fraction of sp³-hybridized carbons (Fsp3) is 0.250. The van der Waals surface area contributed by atoms with Crippen LogP contribution in [0.3, 0.4) is 0 Å². The van der Waals surface area contributed by atoms with Crippen molar-refractivity contribution in [3.8, 4) is 33.4 Å². The van der Waals surface area contributed by atoms with Gasteiger partial charge >= 0.3 is 0 Å². The standard InChI is InChI=1S/C32H30F4/c1-3-5-6-7-8-21-9-11-23(12-10-21)27-15-13-24(17-22(27)4-2)25-14-16-28(29(33)18-25)26-19-30(34)32(36)31(35)20-26/h9-20H,3-8H2,1-2H3. The van der Waals surface area contributed by atoms with E-state index in [1.54, 1.807) is 6.07 Å². The second-order valence-corrected chi connectivity index (χ2v) is 9.18. The average molecular weight is 491 g/mol. The van der Waals surface area contributed by atoms with E-state index in [1.807, 2.05) is 6.07 Å². The molecule has 0 saturated heterocycles. The van der Waals surface area contributed by atoms with Crippen molar-refractivity contribution in [2.75, 3.05) is 0 Å². The van der Waals surface area contributed by atoms with E-state index in [-0.39, 0.29) is 11.1 Å². The van der Waals surface area contributed by atoms with E-state index >= 15 is 0 Å². The highest BCUT2D eigenvalue weighted by molar-refractivity contribution is 5.76. The average Bonchev–Trinajstić information content (AvgIpc) is 2.89. The van der Waals surface area contributed by atoms with Gasteiger partial charge in [0.25, 0.3) is 0 Å². The molecule has 0 aliphatic heterocycles. The molecule has 4 aromatic rings. The van der Waals surface area contributed by atoms with Crippen LogP contribution in [-0.4, -0.2) is 0 Å². The summed E-state index contributed by atoms with van der Waals surface area (Å²) in [6.45, 7) is 4.31. The van der Waals surface area contributed by atoms with Crippen LogP contribution < -0.4 is 0 Å². The molecular weight excluding hydrogens is 460 g/mol. The molecule has 186 valence electrons. The van der Waals surface area contributed by atoms with E-state index in [0.717, 1.165) is 47.2 Å². The highest BCUT2D eigenvalue weighted by atomic mass is 19.2. The second kappa shape index (κ2) is 11.6. The molecule has 0 heterocycles. The molecule has 0 bridgehead atoms. The van der Waals surface area contributed by atoms with Crippen LogP contribution in [0.2, 0.25) is 0 Å². The summed E-state index contributed by atoms with van der Waals surface area (Å²) in [6.07, 6.45) is 6.90. The lowest BCUT2D eigenvalue weighted by Crippen LogP contribution is -1.94. The van der Waals surface area contributed by atoms with Crippen LogP contribution in [0.25, 0.3) is 33.4 Å². The molecule has 0 fully saturated rings. The first kappa shape index (κ1) is 25.7. The van der Waals surface area contributed by atoms with E-state index in [9.17, 15) is 17.6 Å². The van der Waals surface area contributed by atoms with Crippen molar-refractivity contribution in [3.05, 3.63) is 107 Å². The number of benzene rings is 4. The second-order valence-electron chi connectivity index (χ2n) is 9.18. The summed E-state index contributed by atoms with van der Waals surface area (Å²) in [5.41, 5.74) is 6.27. The predicted molar refractivity (Wildman–Crippen MR) is 140 cm³/mol. The highest BCUT2D eigenvalue weighted by Crippen LogP contribution is 2.33. The first-order valence-electron chi connectivity index (χ1n) is 12.6. The van der Waals surface area contributed by atoms with Crippen molar-refractivity contribution >= 4 is 0 Å². The van der Waals surface area contributed by atoms with E-state index in [1.165, 1.54) is 43.4 Å². The lowest BCUT2D eigenvalue weighted by atomic mass is 9.92. The third-order valence-corrected chi connectivity index (χ3v) is 6.67. The maximum Gasteiger partial charge on any atom is 0.194 e. The molecule has 0 radical (unpaired) electrons. The molecule has 4 aromatic carbocycles. The maximum absolute atomic E-state index is 14.9. The molecule has 4 heteroatoms. The topological polar surface area (TPSA) is 0 Å². The Morgan fingerprint density at radius 1 is 0.528 bits per heavy atom. The van der Waals surface area contributed by atoms with Gasteiger partial charge in [-0.15, -0.1) is 0 Å². The SMILES string of the molecule is CCCCCCc1ccc(-c2ccc(-c3ccc(-c4cc(F)c(F)c(F)c4)c(F)c3)cc2CC)cc1. The zero-order chi connectivity index (χ0) is 25.7. The fourth-order valence-corrected chi connectivity index (χ4v) is 4.59. The van der Waals surface area contributed by atoms with Crippen molar-refractivity contribution < 1.29 is 17.6 Å². The van der Waals surface area contributed by atoms with Crippen molar-refractivity contribution in [2.24, 2.45) is 0 Å². The summed E-state index contributed by atoms with van der Waals surface area (Å²) in [6, 6.07) is 20.9. The third kappa shape index (κ3) is 5.70. The number of hydrogen-bond donors (Lipinski definition) is 0. The molecular formula is C32H30F4. The number of hydrogen-bond acceptors (Lipinski definition) is 0. The Morgan fingerprint density at radius 2 is 1.11 bits per heavy atom. The number of aryl methyl sites for hydroxylation is 2. The highest BCUT2D eigenvalue weighted by Gasteiger charge is 2.15. The number of rotatable bonds is 9. The molecule has 4 rings (SSSR count). The monoisotopic (exact) mass is 490 g/mol. The zero-order valence-corrected chi connectivity index (χ0v) is 20.7. The Morgan fingerprint density at radius 3 is 1.72 bits per heavy atom. The smallest absolute Gasteiger partial charge is 0.194 e. The molecule has 0 atom stereocenters. The minimum atomic E-state index is -1.57. The molecule has 36 heavy (non-hydrogen) atoms. The van der Waals surface area contributed by atoms with Crippen LogP contribution in [0.5, 0.6) is 0 Å². The van der Waals surface area contributed by atoms with Crippen LogP contribution in [0, 0.1) is 23.3 Å². The minimum Gasteiger partial charge on any atom is -0.206 e. The van der Waals surface area contributed by atoms with E-state index in [0.29, 0.717) is 5.56 Å². The summed E-state index contributed by atoms with van der Waals surface area (Å²) in [5, 5.41) is 0. The Kier molecular flexibility index (Phi) is 8.25. The van der Waals surface area contributed by atoms with Crippen molar-refractivity contribution in [2.45, 2.75) is 52.4 Å². The Bertz CT molecular complexity index is 1320. The Labute approximate surface area is 210 Å². The lowest BCUT2D eigenvalue weighted by molar-refractivity contribution is 0.447. The van der Waals surface area contributed by atoms with Gasteiger partial charge in [-0.2, -0.15) is 0 Å². The van der Waals surface area contributed by atoms with Gasteiger partial charge in [0.1, 0.15) is 5.82 Å². The van der Waals surface area contributed by atoms with Gasteiger partial charge < -0.3 is 0 Å². The molecule has 0 spiro atoms. The first-order chi connectivity index (χ1) is 17.4. The normalized spacial score (nSPS) is 11.2. The van der Waals surface area contributed by atoms with Gasteiger partial charge in [-0.3, -0.25) is 0 Å². The predicted octanol–water partition coefficient (Wildman–Crippen LogP) is 9.93. The summed E-state index contributed by atoms with van der Waals surface area (Å²) in [5.74, 6) is -4.89. The summed E-state index contributed by atoms with van der Waals surface area (Å²) in [4.78, 5) is 0. The summed E-state index contributed by atoms with van der Waals surface area (Å²) in [7, 11) is 0. The molecule has 0 nitrogen and oxygen atoms in total. The largest absolute Gasteiger partial charge is 0.206 e. The Hall–Kier alpha value is -3.40. The third-order valence-electron chi connectivity index (χ3n) is 6.67. The quantitative estimate of drug-likeness (QED) is 0.124. The fourth-order valence-electron chi connectivity index (χ4n) is 4.59. The van der Waals surface area contributed by atoms with Gasteiger partial charge in [0.15, 0.2) is 17.5 Å². The maximum atomic E-state index is 14.9. The van der Waals surface area contributed by atoms with Crippen molar-refractivity contribution in [3.63, 3.8) is 0 Å². The van der Waals surface area contributed by atoms with Crippen LogP contribution in [-0.2, 0) is 12.8 Å². The molecule has 0 unspecified atom stereocenters. The van der Waals surface area contributed by atoms with Gasteiger partial charge in [-0.25, -0.2) is 17.6 Å². The summed E-state index contributed by atoms with van der Waals surface area (Å²) >= 11 is 0.